The van der Waals surface area contributed by atoms with Crippen molar-refractivity contribution in [1.82, 2.24) is 10.2 Å². The van der Waals surface area contributed by atoms with E-state index in [0.717, 1.165) is 19.0 Å². The largest absolute Gasteiger partial charge is 0.329 e. The number of nitrogens with one attached hydrogen (secondary N) is 1. The molecule has 1 aliphatic heterocycles. The van der Waals surface area contributed by atoms with Crippen LogP contribution < -0.4 is 11.1 Å². The predicted octanol–water partition coefficient (Wildman–Crippen LogP) is 1.83. The monoisotopic (exact) mass is 241 g/mol. The van der Waals surface area contributed by atoms with Crippen molar-refractivity contribution in [2.24, 2.45) is 11.7 Å². The Morgan fingerprint density at radius 1 is 1.18 bits per heavy atom. The summed E-state index contributed by atoms with van der Waals surface area (Å²) in [6, 6.07) is 0. The molecule has 1 aliphatic rings. The number of piperidine rings is 1. The lowest BCUT2D eigenvalue weighted by atomic mass is 9.86. The summed E-state index contributed by atoms with van der Waals surface area (Å²) in [5.74, 6) is 0.808. The van der Waals surface area contributed by atoms with E-state index in [4.69, 9.17) is 5.73 Å². The van der Waals surface area contributed by atoms with Crippen LogP contribution in [0, 0.1) is 5.92 Å². The lowest BCUT2D eigenvalue weighted by Crippen LogP contribution is -2.58. The summed E-state index contributed by atoms with van der Waals surface area (Å²) in [7, 11) is 0. The highest BCUT2D eigenvalue weighted by Gasteiger charge is 2.32. The first-order valence-electron chi connectivity index (χ1n) is 7.37. The highest BCUT2D eigenvalue weighted by molar-refractivity contribution is 4.94. The second-order valence-corrected chi connectivity index (χ2v) is 5.48. The third-order valence-corrected chi connectivity index (χ3v) is 4.57. The summed E-state index contributed by atoms with van der Waals surface area (Å²) < 4.78 is 0. The van der Waals surface area contributed by atoms with E-state index >= 15 is 0 Å². The normalized spacial score (nSPS) is 21.0. The fraction of sp³-hybridized carbons (Fsp3) is 1.00. The Bertz CT molecular complexity index is 194. The Kier molecular flexibility index (Phi) is 6.45. The van der Waals surface area contributed by atoms with Gasteiger partial charge in [-0.15, -0.1) is 0 Å². The number of rotatable bonds is 7. The molecule has 0 aromatic rings. The zero-order valence-electron chi connectivity index (χ0n) is 12.0. The van der Waals surface area contributed by atoms with Crippen molar-refractivity contribution in [3.8, 4) is 0 Å². The van der Waals surface area contributed by atoms with Crippen LogP contribution in [-0.4, -0.2) is 43.2 Å². The van der Waals surface area contributed by atoms with Crippen LogP contribution in [0.4, 0.5) is 0 Å². The van der Waals surface area contributed by atoms with Crippen LogP contribution in [0.2, 0.25) is 0 Å². The van der Waals surface area contributed by atoms with Gasteiger partial charge in [0.05, 0.1) is 0 Å². The first-order valence-corrected chi connectivity index (χ1v) is 7.37. The molecule has 0 unspecified atom stereocenters. The van der Waals surface area contributed by atoms with Crippen LogP contribution in [0.5, 0.6) is 0 Å². The highest BCUT2D eigenvalue weighted by atomic mass is 15.2. The predicted molar refractivity (Wildman–Crippen MR) is 75.2 cm³/mol. The van der Waals surface area contributed by atoms with E-state index in [1.165, 1.54) is 45.3 Å². The molecule has 1 rings (SSSR count). The van der Waals surface area contributed by atoms with Gasteiger partial charge < -0.3 is 16.0 Å². The maximum absolute atomic E-state index is 6.01. The molecule has 1 heterocycles. The molecule has 0 spiro atoms. The fourth-order valence-electron chi connectivity index (χ4n) is 2.69. The van der Waals surface area contributed by atoms with Crippen molar-refractivity contribution in [3.05, 3.63) is 0 Å². The summed E-state index contributed by atoms with van der Waals surface area (Å²) in [5, 5.41) is 3.78. The van der Waals surface area contributed by atoms with Gasteiger partial charge in [0.15, 0.2) is 0 Å². The average molecular weight is 241 g/mol. The second kappa shape index (κ2) is 7.34. The first-order chi connectivity index (χ1) is 8.19. The molecule has 0 radical (unpaired) electrons. The molecule has 0 aliphatic carbocycles. The quantitative estimate of drug-likeness (QED) is 0.714. The Hall–Kier alpha value is -0.120. The van der Waals surface area contributed by atoms with E-state index in [1.54, 1.807) is 0 Å². The van der Waals surface area contributed by atoms with Crippen molar-refractivity contribution < 1.29 is 0 Å². The van der Waals surface area contributed by atoms with Crippen molar-refractivity contribution >= 4 is 0 Å². The maximum atomic E-state index is 6.01. The van der Waals surface area contributed by atoms with Crippen LogP contribution in [0.3, 0.4) is 0 Å². The molecule has 102 valence electrons. The van der Waals surface area contributed by atoms with E-state index in [-0.39, 0.29) is 5.54 Å². The molecule has 0 aromatic heterocycles. The number of nitrogens with zero attached hydrogens (tertiary/aromatic N) is 1. The molecular weight excluding hydrogens is 210 g/mol. The van der Waals surface area contributed by atoms with Crippen LogP contribution >= 0.6 is 0 Å². The van der Waals surface area contributed by atoms with Gasteiger partial charge in [-0.2, -0.15) is 0 Å². The molecule has 17 heavy (non-hydrogen) atoms. The third-order valence-electron chi connectivity index (χ3n) is 4.57. The standard InChI is InChI=1S/C14H31N3/c1-4-13(5-2)11-16-14(12-15)7-9-17(6-3)10-8-14/h13,16H,4-12,15H2,1-3H3. The van der Waals surface area contributed by atoms with Crippen molar-refractivity contribution in [2.75, 3.05) is 32.7 Å². The molecule has 0 aromatic carbocycles. The van der Waals surface area contributed by atoms with Crippen molar-refractivity contribution in [1.29, 1.82) is 0 Å². The van der Waals surface area contributed by atoms with E-state index < -0.39 is 0 Å². The van der Waals surface area contributed by atoms with Gasteiger partial charge in [0, 0.05) is 12.1 Å². The van der Waals surface area contributed by atoms with Gasteiger partial charge in [-0.3, -0.25) is 0 Å². The van der Waals surface area contributed by atoms with Gasteiger partial charge in [-0.25, -0.2) is 0 Å². The minimum atomic E-state index is 0.217. The van der Waals surface area contributed by atoms with E-state index in [9.17, 15) is 0 Å². The minimum Gasteiger partial charge on any atom is -0.329 e. The van der Waals surface area contributed by atoms with Crippen LogP contribution in [0.25, 0.3) is 0 Å². The Labute approximate surface area is 107 Å². The minimum absolute atomic E-state index is 0.217. The summed E-state index contributed by atoms with van der Waals surface area (Å²) >= 11 is 0. The third kappa shape index (κ3) is 4.23. The molecule has 3 nitrogen and oxygen atoms in total. The lowest BCUT2D eigenvalue weighted by molar-refractivity contribution is 0.139. The van der Waals surface area contributed by atoms with E-state index in [2.05, 4.69) is 31.0 Å². The maximum Gasteiger partial charge on any atom is 0.0328 e. The molecule has 0 atom stereocenters. The van der Waals surface area contributed by atoms with Crippen molar-refractivity contribution in [2.45, 2.75) is 52.0 Å². The van der Waals surface area contributed by atoms with E-state index in [1.807, 2.05) is 0 Å². The van der Waals surface area contributed by atoms with Crippen LogP contribution in [0.15, 0.2) is 0 Å². The number of likely N-dealkylation sites (tertiary alicyclic amines) is 1. The summed E-state index contributed by atoms with van der Waals surface area (Å²) in [4.78, 5) is 2.52. The molecule has 1 saturated heterocycles. The molecular formula is C14H31N3. The van der Waals surface area contributed by atoms with E-state index in [0.29, 0.717) is 0 Å². The SMILES string of the molecule is CCC(CC)CNC1(CN)CCN(CC)CC1. The number of hydrogen-bond donors (Lipinski definition) is 2. The Morgan fingerprint density at radius 3 is 2.18 bits per heavy atom. The molecule has 3 heteroatoms. The Morgan fingerprint density at radius 2 is 1.76 bits per heavy atom. The molecule has 3 N–H and O–H groups in total. The van der Waals surface area contributed by atoms with Gasteiger partial charge in [-0.1, -0.05) is 33.6 Å². The smallest absolute Gasteiger partial charge is 0.0328 e. The Balaban J connectivity index is 2.42. The number of nitrogens with two attached hydrogens (primary N) is 1. The highest BCUT2D eigenvalue weighted by Crippen LogP contribution is 2.22. The summed E-state index contributed by atoms with van der Waals surface area (Å²) in [5.41, 5.74) is 6.23. The average Bonchev–Trinajstić information content (AvgIpc) is 2.40. The second-order valence-electron chi connectivity index (χ2n) is 5.48. The van der Waals surface area contributed by atoms with Gasteiger partial charge in [-0.05, 0) is 44.9 Å². The summed E-state index contributed by atoms with van der Waals surface area (Å²) in [6.07, 6.45) is 4.95. The summed E-state index contributed by atoms with van der Waals surface area (Å²) in [6.45, 7) is 12.3. The molecule has 0 saturated carbocycles. The number of hydrogen-bond acceptors (Lipinski definition) is 3. The van der Waals surface area contributed by atoms with Gasteiger partial charge in [0.1, 0.15) is 0 Å². The zero-order valence-corrected chi connectivity index (χ0v) is 12.0. The van der Waals surface area contributed by atoms with Crippen molar-refractivity contribution in [3.63, 3.8) is 0 Å². The van der Waals surface area contributed by atoms with Gasteiger partial charge >= 0.3 is 0 Å². The first kappa shape index (κ1) is 14.9. The fourth-order valence-corrected chi connectivity index (χ4v) is 2.69. The van der Waals surface area contributed by atoms with Crippen LogP contribution in [-0.2, 0) is 0 Å². The molecule has 0 bridgehead atoms. The lowest BCUT2D eigenvalue weighted by Gasteiger charge is -2.42. The zero-order chi connectivity index (χ0) is 12.7. The van der Waals surface area contributed by atoms with Gasteiger partial charge in [0.25, 0.3) is 0 Å². The van der Waals surface area contributed by atoms with Gasteiger partial charge in [0.2, 0.25) is 0 Å². The topological polar surface area (TPSA) is 41.3 Å². The van der Waals surface area contributed by atoms with Crippen LogP contribution in [0.1, 0.15) is 46.5 Å². The molecule has 0 amide bonds. The molecule has 1 fully saturated rings.